The number of nitrogens with one attached hydrogen (secondary N) is 1. The standard InChI is InChI=1S/C26H28ClF3N4O4S2/c1-25(2,3)38-24(35)34-11-5-6-19(14-34)40(36,37)18-9-7-16(8-10-18)22-20(26(28,29)30)12-17(13-21(22)27)33-23(39-4)32-15-31/h7-10,12-13,19H,5-6,11,14H2,1-4H3,(H,32,33). The van der Waals surface area contributed by atoms with Gasteiger partial charge in [-0.15, -0.1) is 0 Å². The first-order valence-electron chi connectivity index (χ1n) is 12.1. The van der Waals surface area contributed by atoms with E-state index in [1.54, 1.807) is 33.2 Å². The molecule has 1 heterocycles. The number of amides is 1. The van der Waals surface area contributed by atoms with E-state index in [1.807, 2.05) is 0 Å². The Morgan fingerprint density at radius 1 is 1.23 bits per heavy atom. The first kappa shape index (κ1) is 31.6. The zero-order valence-corrected chi connectivity index (χ0v) is 24.6. The van der Waals surface area contributed by atoms with Gasteiger partial charge in [-0.2, -0.15) is 18.4 Å². The SMILES string of the molecule is CSC(=Nc1cc(Cl)c(-c2ccc(S(=O)(=O)C3CCCN(C(=O)OC(C)(C)C)C3)cc2)c(C(F)(F)F)c1)NC#N. The van der Waals surface area contributed by atoms with E-state index in [-0.39, 0.29) is 38.4 Å². The molecule has 2 aromatic rings. The van der Waals surface area contributed by atoms with E-state index < -0.39 is 38.5 Å². The Bertz CT molecular complexity index is 1430. The summed E-state index contributed by atoms with van der Waals surface area (Å²) in [4.78, 5) is 17.8. The number of nitriles is 1. The third-order valence-corrected chi connectivity index (χ3v) is 8.98. The van der Waals surface area contributed by atoms with Gasteiger partial charge in [0.05, 0.1) is 26.4 Å². The van der Waals surface area contributed by atoms with Crippen molar-refractivity contribution in [1.29, 1.82) is 5.26 Å². The Kier molecular flexibility index (Phi) is 9.70. The van der Waals surface area contributed by atoms with Gasteiger partial charge in [0.25, 0.3) is 0 Å². The van der Waals surface area contributed by atoms with Gasteiger partial charge < -0.3 is 9.64 Å². The van der Waals surface area contributed by atoms with Crippen LogP contribution < -0.4 is 5.32 Å². The molecule has 0 bridgehead atoms. The molecule has 1 unspecified atom stereocenters. The number of alkyl halides is 3. The molecule has 1 atom stereocenters. The van der Waals surface area contributed by atoms with E-state index in [2.05, 4.69) is 10.3 Å². The molecule has 1 fully saturated rings. The van der Waals surface area contributed by atoms with Crippen molar-refractivity contribution in [1.82, 2.24) is 10.2 Å². The lowest BCUT2D eigenvalue weighted by Crippen LogP contribution is -2.47. The quantitative estimate of drug-likeness (QED) is 0.178. The maximum absolute atomic E-state index is 14.1. The molecule has 0 saturated carbocycles. The lowest BCUT2D eigenvalue weighted by Gasteiger charge is -2.33. The summed E-state index contributed by atoms with van der Waals surface area (Å²) < 4.78 is 74.3. The average molecular weight is 617 g/mol. The van der Waals surface area contributed by atoms with Crippen molar-refractivity contribution in [3.63, 3.8) is 0 Å². The summed E-state index contributed by atoms with van der Waals surface area (Å²) in [5.74, 6) is 0. The molecule has 2 aromatic carbocycles. The number of hydrogen-bond acceptors (Lipinski definition) is 7. The number of nitrogens with zero attached hydrogens (tertiary/aromatic N) is 3. The number of halogens is 4. The van der Waals surface area contributed by atoms with E-state index in [4.69, 9.17) is 21.6 Å². The predicted molar refractivity (Wildman–Crippen MR) is 149 cm³/mol. The van der Waals surface area contributed by atoms with E-state index in [0.717, 1.165) is 17.8 Å². The lowest BCUT2D eigenvalue weighted by molar-refractivity contribution is -0.137. The van der Waals surface area contributed by atoms with Crippen LogP contribution in [0.4, 0.5) is 23.7 Å². The van der Waals surface area contributed by atoms with Crippen LogP contribution >= 0.6 is 23.4 Å². The van der Waals surface area contributed by atoms with E-state index >= 15 is 0 Å². The minimum atomic E-state index is -4.80. The van der Waals surface area contributed by atoms with Crippen LogP contribution in [0.1, 0.15) is 39.2 Å². The zero-order chi connectivity index (χ0) is 29.9. The second-order valence-corrected chi connectivity index (χ2v) is 13.4. The number of thioether (sulfide) groups is 1. The van der Waals surface area contributed by atoms with Crippen molar-refractivity contribution in [3.05, 3.63) is 47.0 Å². The van der Waals surface area contributed by atoms with Crippen LogP contribution in [0, 0.1) is 11.5 Å². The molecule has 1 aliphatic rings. The van der Waals surface area contributed by atoms with Gasteiger partial charge in [0.15, 0.2) is 21.2 Å². The molecular weight excluding hydrogens is 589 g/mol. The first-order chi connectivity index (χ1) is 18.6. The molecule has 8 nitrogen and oxygen atoms in total. The van der Waals surface area contributed by atoms with Gasteiger partial charge in [0.2, 0.25) is 0 Å². The van der Waals surface area contributed by atoms with E-state index in [0.29, 0.717) is 19.4 Å². The maximum Gasteiger partial charge on any atom is 0.417 e. The normalized spacial score (nSPS) is 16.8. The fourth-order valence-electron chi connectivity index (χ4n) is 4.15. The van der Waals surface area contributed by atoms with Gasteiger partial charge in [0.1, 0.15) is 5.60 Å². The third kappa shape index (κ3) is 7.62. The molecule has 40 heavy (non-hydrogen) atoms. The Morgan fingerprint density at radius 2 is 1.88 bits per heavy atom. The number of sulfone groups is 1. The van der Waals surface area contributed by atoms with Crippen LogP contribution in [0.2, 0.25) is 5.02 Å². The number of likely N-dealkylation sites (tertiary alicyclic amines) is 1. The monoisotopic (exact) mass is 616 g/mol. The van der Waals surface area contributed by atoms with Gasteiger partial charge >= 0.3 is 12.3 Å². The van der Waals surface area contributed by atoms with Crippen LogP contribution in [-0.2, 0) is 20.8 Å². The van der Waals surface area contributed by atoms with Crippen molar-refractivity contribution < 1.29 is 31.1 Å². The van der Waals surface area contributed by atoms with Crippen LogP contribution in [0.3, 0.4) is 0 Å². The summed E-state index contributed by atoms with van der Waals surface area (Å²) in [6, 6.07) is 7.06. The molecule has 1 N–H and O–H groups in total. The van der Waals surface area contributed by atoms with Gasteiger partial charge in [-0.05, 0) is 69.7 Å². The highest BCUT2D eigenvalue weighted by Crippen LogP contribution is 2.44. The van der Waals surface area contributed by atoms with Gasteiger partial charge in [-0.25, -0.2) is 18.2 Å². The molecule has 0 spiro atoms. The molecule has 3 rings (SSSR count). The number of ether oxygens (including phenoxy) is 1. The van der Waals surface area contributed by atoms with Gasteiger partial charge in [0, 0.05) is 18.7 Å². The number of hydrogen-bond donors (Lipinski definition) is 1. The molecular formula is C26H28ClF3N4O4S2. The zero-order valence-electron chi connectivity index (χ0n) is 22.2. The molecule has 14 heteroatoms. The molecule has 216 valence electrons. The fourth-order valence-corrected chi connectivity index (χ4v) is 6.57. The summed E-state index contributed by atoms with van der Waals surface area (Å²) in [5.41, 5.74) is -2.17. The highest BCUT2D eigenvalue weighted by atomic mass is 35.5. The van der Waals surface area contributed by atoms with Crippen molar-refractivity contribution in [2.24, 2.45) is 4.99 Å². The Morgan fingerprint density at radius 3 is 2.42 bits per heavy atom. The highest BCUT2D eigenvalue weighted by Gasteiger charge is 2.37. The molecule has 1 aliphatic heterocycles. The second-order valence-electron chi connectivity index (χ2n) is 9.97. The van der Waals surface area contributed by atoms with Crippen LogP contribution in [0.15, 0.2) is 46.3 Å². The first-order valence-corrected chi connectivity index (χ1v) is 15.2. The minimum absolute atomic E-state index is 0.0519. The minimum Gasteiger partial charge on any atom is -0.444 e. The summed E-state index contributed by atoms with van der Waals surface area (Å²) in [5, 5.41) is 10.0. The van der Waals surface area contributed by atoms with Crippen molar-refractivity contribution in [3.8, 4) is 17.3 Å². The van der Waals surface area contributed by atoms with Crippen molar-refractivity contribution in [2.45, 2.75) is 55.5 Å². The topological polar surface area (TPSA) is 112 Å². The molecule has 0 radical (unpaired) electrons. The smallest absolute Gasteiger partial charge is 0.417 e. The molecule has 1 amide bonds. The van der Waals surface area contributed by atoms with Crippen LogP contribution in [-0.4, -0.2) is 54.8 Å². The Hall–Kier alpha value is -2.95. The van der Waals surface area contributed by atoms with E-state index in [9.17, 15) is 26.4 Å². The summed E-state index contributed by atoms with van der Waals surface area (Å²) in [7, 11) is -3.91. The number of rotatable bonds is 4. The Labute approximate surface area is 240 Å². The lowest BCUT2D eigenvalue weighted by atomic mass is 9.98. The van der Waals surface area contributed by atoms with E-state index in [1.165, 1.54) is 35.2 Å². The number of carbonyl (C=O) groups is 1. The number of benzene rings is 2. The maximum atomic E-state index is 14.1. The predicted octanol–water partition coefficient (Wildman–Crippen LogP) is 6.62. The molecule has 0 aliphatic carbocycles. The third-order valence-electron chi connectivity index (χ3n) is 5.91. The summed E-state index contributed by atoms with van der Waals surface area (Å²) in [6.45, 7) is 5.47. The highest BCUT2D eigenvalue weighted by molar-refractivity contribution is 8.13. The second kappa shape index (κ2) is 12.3. The van der Waals surface area contributed by atoms with Crippen molar-refractivity contribution >= 4 is 50.1 Å². The van der Waals surface area contributed by atoms with Crippen LogP contribution in [0.25, 0.3) is 11.1 Å². The van der Waals surface area contributed by atoms with Gasteiger partial charge in [-0.1, -0.05) is 35.5 Å². The Balaban J connectivity index is 1.94. The summed E-state index contributed by atoms with van der Waals surface area (Å²) >= 11 is 7.33. The number of piperidine rings is 1. The largest absolute Gasteiger partial charge is 0.444 e. The van der Waals surface area contributed by atoms with Crippen molar-refractivity contribution in [2.75, 3.05) is 19.3 Å². The molecule has 1 saturated heterocycles. The van der Waals surface area contributed by atoms with Crippen LogP contribution in [0.5, 0.6) is 0 Å². The summed E-state index contributed by atoms with van der Waals surface area (Å²) in [6.07, 6.45) is -1.35. The average Bonchev–Trinajstić information content (AvgIpc) is 2.86. The fraction of sp³-hybridized carbons (Fsp3) is 0.423. The number of carbonyl (C=O) groups excluding carboxylic acids is 1. The molecule has 0 aromatic heterocycles. The van der Waals surface area contributed by atoms with Gasteiger partial charge in [-0.3, -0.25) is 5.32 Å². The number of amidine groups is 1. The number of aliphatic imine (C=N–C) groups is 1.